The summed E-state index contributed by atoms with van der Waals surface area (Å²) in [6.07, 6.45) is 0.860. The lowest BCUT2D eigenvalue weighted by atomic mass is 10.1. The molecule has 3 nitrogen and oxygen atoms in total. The first-order valence-corrected chi connectivity index (χ1v) is 8.13. The molecule has 0 heterocycles. The quantitative estimate of drug-likeness (QED) is 0.725. The van der Waals surface area contributed by atoms with E-state index < -0.39 is 5.76 Å². The first-order valence-electron chi connectivity index (χ1n) is 7.25. The fraction of sp³-hybridized carbons (Fsp3) is 0.235. The topological polar surface area (TPSA) is 41.1 Å². The molecule has 0 spiro atoms. The fourth-order valence-electron chi connectivity index (χ4n) is 2.14. The Labute approximate surface area is 138 Å². The first-order chi connectivity index (χ1) is 11.1. The van der Waals surface area contributed by atoms with Gasteiger partial charge in [0.1, 0.15) is 0 Å². The number of hydrogen-bond acceptors (Lipinski definition) is 3. The van der Waals surface area contributed by atoms with Crippen molar-refractivity contribution in [1.82, 2.24) is 0 Å². The molecule has 0 aromatic heterocycles. The minimum atomic E-state index is -2.53. The molecule has 0 bridgehead atoms. The second-order valence-corrected chi connectivity index (χ2v) is 5.82. The number of carbonyl (C=O) groups excluding carboxylic acids is 1. The number of aryl methyl sites for hydroxylation is 1. The van der Waals surface area contributed by atoms with Crippen LogP contribution in [0.2, 0.25) is 0 Å². The van der Waals surface area contributed by atoms with Gasteiger partial charge in [-0.05, 0) is 30.2 Å². The summed E-state index contributed by atoms with van der Waals surface area (Å²) in [4.78, 5) is 12.4. The van der Waals surface area contributed by atoms with Crippen molar-refractivity contribution in [3.05, 3.63) is 54.1 Å². The van der Waals surface area contributed by atoms with Gasteiger partial charge in [0.15, 0.2) is 0 Å². The van der Waals surface area contributed by atoms with Crippen molar-refractivity contribution in [3.8, 4) is 0 Å². The Balaban J connectivity index is 1.97. The van der Waals surface area contributed by atoms with E-state index in [0.29, 0.717) is 22.3 Å². The predicted molar refractivity (Wildman–Crippen MR) is 91.2 cm³/mol. The number of para-hydroxylation sites is 2. The van der Waals surface area contributed by atoms with Gasteiger partial charge in [-0.1, -0.05) is 49.0 Å². The first kappa shape index (κ1) is 17.3. The highest BCUT2D eigenvalue weighted by Crippen LogP contribution is 2.31. The third-order valence-electron chi connectivity index (χ3n) is 3.21. The number of benzene rings is 2. The molecule has 2 rings (SSSR count). The fourth-order valence-corrected chi connectivity index (χ4v) is 2.73. The van der Waals surface area contributed by atoms with E-state index in [1.54, 1.807) is 24.3 Å². The van der Waals surface area contributed by atoms with Crippen molar-refractivity contribution in [2.45, 2.75) is 24.0 Å². The molecule has 0 saturated heterocycles. The Bertz CT molecular complexity index is 665. The van der Waals surface area contributed by atoms with Gasteiger partial charge in [-0.3, -0.25) is 4.79 Å². The van der Waals surface area contributed by atoms with Crippen LogP contribution in [0.3, 0.4) is 0 Å². The molecule has 6 heteroatoms. The van der Waals surface area contributed by atoms with Crippen molar-refractivity contribution in [3.63, 3.8) is 0 Å². The molecular weight excluding hydrogens is 318 g/mol. The van der Waals surface area contributed by atoms with E-state index in [4.69, 9.17) is 0 Å². The number of thioether (sulfide) groups is 1. The van der Waals surface area contributed by atoms with Crippen molar-refractivity contribution >= 4 is 29.0 Å². The van der Waals surface area contributed by atoms with Crippen molar-refractivity contribution in [2.24, 2.45) is 0 Å². The number of nitrogens with one attached hydrogen (secondary N) is 2. The molecule has 0 aliphatic heterocycles. The zero-order valence-electron chi connectivity index (χ0n) is 12.7. The van der Waals surface area contributed by atoms with Crippen LogP contribution in [0.1, 0.15) is 12.5 Å². The monoisotopic (exact) mass is 336 g/mol. The van der Waals surface area contributed by atoms with Gasteiger partial charge in [0, 0.05) is 10.6 Å². The number of anilines is 2. The number of halogens is 2. The summed E-state index contributed by atoms with van der Waals surface area (Å²) in [5.74, 6) is -2.80. The van der Waals surface area contributed by atoms with Gasteiger partial charge in [-0.15, -0.1) is 0 Å². The molecule has 0 aliphatic carbocycles. The Hall–Kier alpha value is -2.08. The molecule has 0 aliphatic rings. The number of alkyl halides is 2. The van der Waals surface area contributed by atoms with E-state index in [0.717, 1.165) is 17.7 Å². The normalized spacial score (nSPS) is 10.6. The largest absolute Gasteiger partial charge is 0.376 e. The van der Waals surface area contributed by atoms with Gasteiger partial charge in [0.2, 0.25) is 5.91 Å². The average Bonchev–Trinajstić information content (AvgIpc) is 2.54. The molecule has 2 N–H and O–H groups in total. The van der Waals surface area contributed by atoms with Gasteiger partial charge in [-0.2, -0.15) is 8.78 Å². The van der Waals surface area contributed by atoms with Gasteiger partial charge in [0.25, 0.3) is 5.76 Å². The second kappa shape index (κ2) is 8.53. The number of hydrogen-bond donors (Lipinski definition) is 2. The van der Waals surface area contributed by atoms with Gasteiger partial charge in [0.05, 0.1) is 12.2 Å². The van der Waals surface area contributed by atoms with Crippen LogP contribution in [-0.4, -0.2) is 18.2 Å². The highest BCUT2D eigenvalue weighted by Gasteiger charge is 2.11. The molecule has 0 saturated carbocycles. The summed E-state index contributed by atoms with van der Waals surface area (Å²) in [5, 5.41) is 5.75. The molecule has 0 radical (unpaired) electrons. The van der Waals surface area contributed by atoms with E-state index in [2.05, 4.69) is 10.6 Å². The lowest BCUT2D eigenvalue weighted by Gasteiger charge is -2.13. The van der Waals surface area contributed by atoms with E-state index in [-0.39, 0.29) is 12.5 Å². The minimum absolute atomic E-state index is 0.0741. The molecule has 23 heavy (non-hydrogen) atoms. The summed E-state index contributed by atoms with van der Waals surface area (Å²) < 4.78 is 25.1. The minimum Gasteiger partial charge on any atom is -0.376 e. The van der Waals surface area contributed by atoms with E-state index in [9.17, 15) is 13.6 Å². The van der Waals surface area contributed by atoms with Crippen LogP contribution >= 0.6 is 11.8 Å². The standard InChI is InChI=1S/C17H18F2N2OS/c1-2-12-7-3-4-8-13(12)20-11-16(22)21-14-9-5-6-10-15(14)23-17(18)19/h3-10,17,20H,2,11H2,1H3,(H,21,22). The lowest BCUT2D eigenvalue weighted by molar-refractivity contribution is -0.114. The molecule has 2 aromatic rings. The van der Waals surface area contributed by atoms with Crippen LogP contribution in [0.4, 0.5) is 20.2 Å². The Morgan fingerprint density at radius 3 is 2.43 bits per heavy atom. The molecule has 1 amide bonds. The molecule has 122 valence electrons. The number of rotatable bonds is 7. The molecule has 0 atom stereocenters. The van der Waals surface area contributed by atoms with Crippen LogP contribution in [0, 0.1) is 0 Å². The number of carbonyl (C=O) groups is 1. The van der Waals surface area contributed by atoms with Crippen molar-refractivity contribution < 1.29 is 13.6 Å². The molecular formula is C17H18F2N2OS. The van der Waals surface area contributed by atoms with E-state index in [1.807, 2.05) is 31.2 Å². The van der Waals surface area contributed by atoms with Crippen LogP contribution in [0.5, 0.6) is 0 Å². The van der Waals surface area contributed by atoms with Crippen LogP contribution in [0.25, 0.3) is 0 Å². The third-order valence-corrected chi connectivity index (χ3v) is 4.00. The summed E-state index contributed by atoms with van der Waals surface area (Å²) in [5.41, 5.74) is 2.42. The van der Waals surface area contributed by atoms with E-state index >= 15 is 0 Å². The maximum absolute atomic E-state index is 12.5. The zero-order valence-corrected chi connectivity index (χ0v) is 13.5. The smallest absolute Gasteiger partial charge is 0.288 e. The summed E-state index contributed by atoms with van der Waals surface area (Å²) >= 11 is 0.419. The van der Waals surface area contributed by atoms with Gasteiger partial charge < -0.3 is 10.6 Å². The molecule has 2 aromatic carbocycles. The summed E-state index contributed by atoms with van der Waals surface area (Å²) in [6, 6.07) is 14.3. The van der Waals surface area contributed by atoms with Gasteiger partial charge in [-0.25, -0.2) is 0 Å². The lowest BCUT2D eigenvalue weighted by Crippen LogP contribution is -2.22. The predicted octanol–water partition coefficient (Wildman–Crippen LogP) is 4.61. The maximum Gasteiger partial charge on any atom is 0.288 e. The van der Waals surface area contributed by atoms with Gasteiger partial charge >= 0.3 is 0 Å². The Morgan fingerprint density at radius 1 is 1.09 bits per heavy atom. The SMILES string of the molecule is CCc1ccccc1NCC(=O)Nc1ccccc1SC(F)F. The van der Waals surface area contributed by atoms with Crippen LogP contribution < -0.4 is 10.6 Å². The third kappa shape index (κ3) is 5.25. The van der Waals surface area contributed by atoms with Crippen molar-refractivity contribution in [2.75, 3.05) is 17.2 Å². The molecule has 0 fully saturated rings. The van der Waals surface area contributed by atoms with Crippen LogP contribution in [-0.2, 0) is 11.2 Å². The maximum atomic E-state index is 12.5. The summed E-state index contributed by atoms with van der Waals surface area (Å²) in [6.45, 7) is 2.11. The average molecular weight is 336 g/mol. The highest BCUT2D eigenvalue weighted by atomic mass is 32.2. The van der Waals surface area contributed by atoms with E-state index in [1.165, 1.54) is 0 Å². The Kier molecular flexibility index (Phi) is 6.40. The van der Waals surface area contributed by atoms with Crippen LogP contribution in [0.15, 0.2) is 53.4 Å². The zero-order chi connectivity index (χ0) is 16.7. The number of amides is 1. The second-order valence-electron chi connectivity index (χ2n) is 4.79. The molecule has 0 unspecified atom stereocenters. The highest BCUT2D eigenvalue weighted by molar-refractivity contribution is 7.99. The van der Waals surface area contributed by atoms with Crippen molar-refractivity contribution in [1.29, 1.82) is 0 Å². The Morgan fingerprint density at radius 2 is 1.74 bits per heavy atom. The summed E-state index contributed by atoms with van der Waals surface area (Å²) in [7, 11) is 0.